The van der Waals surface area contributed by atoms with Crippen LogP contribution in [0.4, 0.5) is 17.1 Å². The highest BCUT2D eigenvalue weighted by Gasteiger charge is 2.20. The molecule has 1 N–H and O–H groups in total. The largest absolute Gasteiger partial charge is 0.310 e. The quantitative estimate of drug-likeness (QED) is 0.188. The molecule has 0 spiro atoms. The van der Waals surface area contributed by atoms with Crippen LogP contribution in [0.1, 0.15) is 17.2 Å². The number of nitrogens with one attached hydrogen (secondary N) is 1. The summed E-state index contributed by atoms with van der Waals surface area (Å²) in [6.45, 7) is 1.40. The number of aromatic nitrogens is 2. The molecular weight excluding hydrogens is 611 g/mol. The fourth-order valence-electron chi connectivity index (χ4n) is 7.09. The summed E-state index contributed by atoms with van der Waals surface area (Å²) >= 11 is 0. The van der Waals surface area contributed by atoms with Crippen molar-refractivity contribution in [2.45, 2.75) is 6.04 Å². The number of imidazole rings is 1. The lowest BCUT2D eigenvalue weighted by atomic mass is 10.0. The van der Waals surface area contributed by atoms with Gasteiger partial charge in [0.05, 0.1) is 35.0 Å². The zero-order valence-electron chi connectivity index (χ0n) is 27.5. The molecule has 5 heteroatoms. The van der Waals surface area contributed by atoms with E-state index in [0.29, 0.717) is 13.1 Å². The van der Waals surface area contributed by atoms with Gasteiger partial charge < -0.3 is 10.2 Å². The Morgan fingerprint density at radius 2 is 1.24 bits per heavy atom. The van der Waals surface area contributed by atoms with E-state index < -0.39 is 0 Å². The van der Waals surface area contributed by atoms with E-state index in [4.69, 9.17) is 9.98 Å². The minimum atomic E-state index is 0.153. The summed E-state index contributed by atoms with van der Waals surface area (Å²) in [5.41, 5.74) is 11.1. The van der Waals surface area contributed by atoms with Crippen LogP contribution in [0.15, 0.2) is 181 Å². The highest BCUT2D eigenvalue weighted by molar-refractivity contribution is 6.03. The first kappa shape index (κ1) is 29.8. The van der Waals surface area contributed by atoms with Crippen molar-refractivity contribution in [2.24, 2.45) is 4.99 Å². The second-order valence-electron chi connectivity index (χ2n) is 12.7. The van der Waals surface area contributed by atoms with Crippen LogP contribution >= 0.6 is 0 Å². The Labute approximate surface area is 291 Å². The number of fused-ring (bicyclic) bond motifs is 2. The highest BCUT2D eigenvalue weighted by atomic mass is 15.1. The van der Waals surface area contributed by atoms with Gasteiger partial charge in [-0.05, 0) is 71.1 Å². The molecule has 240 valence electrons. The molecule has 1 aliphatic heterocycles. The Morgan fingerprint density at radius 1 is 0.580 bits per heavy atom. The Kier molecular flexibility index (Phi) is 7.72. The second kappa shape index (κ2) is 13.0. The third-order valence-electron chi connectivity index (χ3n) is 9.61. The fraction of sp³-hybridized carbons (Fsp3) is 0.0667. The van der Waals surface area contributed by atoms with Gasteiger partial charge in [-0.3, -0.25) is 9.56 Å². The SMILES string of the molecule is c1ccc(N(c2ccc(C3=NCC(c4ccc(-c5nc6ccccc6n5-c5ccccc5)cc4)NC3)cc2)c2cccc3ccccc23)cc1. The molecule has 5 nitrogen and oxygen atoms in total. The Hall–Kier alpha value is -6.30. The number of hydrogen-bond acceptors (Lipinski definition) is 4. The normalized spacial score (nSPS) is 14.5. The van der Waals surface area contributed by atoms with Gasteiger partial charge in [-0.25, -0.2) is 4.98 Å². The van der Waals surface area contributed by atoms with Gasteiger partial charge in [0.25, 0.3) is 0 Å². The number of benzene rings is 7. The van der Waals surface area contributed by atoms with Crippen molar-refractivity contribution in [2.75, 3.05) is 18.0 Å². The molecule has 1 atom stereocenters. The fourth-order valence-corrected chi connectivity index (χ4v) is 7.09. The van der Waals surface area contributed by atoms with E-state index >= 15 is 0 Å². The van der Waals surface area contributed by atoms with E-state index in [1.807, 2.05) is 12.1 Å². The van der Waals surface area contributed by atoms with E-state index in [1.165, 1.54) is 16.3 Å². The summed E-state index contributed by atoms with van der Waals surface area (Å²) in [5.74, 6) is 0.940. The van der Waals surface area contributed by atoms with Crippen LogP contribution in [0.3, 0.4) is 0 Å². The van der Waals surface area contributed by atoms with Crippen LogP contribution in [-0.2, 0) is 0 Å². The zero-order valence-corrected chi connectivity index (χ0v) is 27.5. The molecule has 0 radical (unpaired) electrons. The van der Waals surface area contributed by atoms with Gasteiger partial charge in [0.2, 0.25) is 0 Å². The summed E-state index contributed by atoms with van der Waals surface area (Å²) in [4.78, 5) is 12.4. The lowest BCUT2D eigenvalue weighted by Gasteiger charge is -2.27. The van der Waals surface area contributed by atoms with E-state index in [1.54, 1.807) is 0 Å². The van der Waals surface area contributed by atoms with Crippen molar-refractivity contribution in [3.8, 4) is 17.1 Å². The van der Waals surface area contributed by atoms with Crippen molar-refractivity contribution in [1.82, 2.24) is 14.9 Å². The van der Waals surface area contributed by atoms with Crippen molar-refractivity contribution in [1.29, 1.82) is 0 Å². The molecule has 0 bridgehead atoms. The van der Waals surface area contributed by atoms with Gasteiger partial charge in [0.1, 0.15) is 5.82 Å². The Morgan fingerprint density at radius 3 is 2.02 bits per heavy atom. The molecule has 8 aromatic rings. The van der Waals surface area contributed by atoms with Crippen molar-refractivity contribution in [3.63, 3.8) is 0 Å². The van der Waals surface area contributed by atoms with Crippen molar-refractivity contribution in [3.05, 3.63) is 187 Å². The van der Waals surface area contributed by atoms with E-state index in [9.17, 15) is 0 Å². The zero-order chi connectivity index (χ0) is 33.3. The third kappa shape index (κ3) is 5.54. The molecule has 1 unspecified atom stereocenters. The predicted octanol–water partition coefficient (Wildman–Crippen LogP) is 10.4. The van der Waals surface area contributed by atoms with Crippen molar-refractivity contribution < 1.29 is 0 Å². The number of nitrogens with zero attached hydrogens (tertiary/aromatic N) is 4. The summed E-state index contributed by atoms with van der Waals surface area (Å²) in [6.07, 6.45) is 0. The van der Waals surface area contributed by atoms with Crippen LogP contribution in [-0.4, -0.2) is 28.4 Å². The maximum Gasteiger partial charge on any atom is 0.145 e. The van der Waals surface area contributed by atoms with Crippen molar-refractivity contribution >= 4 is 44.6 Å². The summed E-state index contributed by atoms with van der Waals surface area (Å²) in [5, 5.41) is 6.19. The van der Waals surface area contributed by atoms with Gasteiger partial charge in [-0.1, -0.05) is 121 Å². The monoisotopic (exact) mass is 645 g/mol. The van der Waals surface area contributed by atoms with Crippen LogP contribution < -0.4 is 10.2 Å². The topological polar surface area (TPSA) is 45.5 Å². The average Bonchev–Trinajstić information content (AvgIpc) is 3.59. The second-order valence-corrected chi connectivity index (χ2v) is 12.7. The molecule has 7 aromatic carbocycles. The lowest BCUT2D eigenvalue weighted by molar-refractivity contribution is 0.565. The van der Waals surface area contributed by atoms with Crippen LogP contribution in [0.2, 0.25) is 0 Å². The molecular formula is C45H35N5. The standard InChI is InChI=1S/C45H35N5/c1-3-14-36(15-4-1)49(43-21-11-13-32-12-7-8-18-39(32)43)38-28-26-34(27-29-38)42-31-46-41(30-47-42)33-22-24-35(25-23-33)45-48-40-19-9-10-20-44(40)50(45)37-16-5-2-6-17-37/h1-29,41,46H,30-31H2. The van der Waals surface area contributed by atoms with Gasteiger partial charge >= 0.3 is 0 Å². The lowest BCUT2D eigenvalue weighted by Crippen LogP contribution is -2.34. The molecule has 0 aliphatic carbocycles. The smallest absolute Gasteiger partial charge is 0.145 e. The molecule has 9 rings (SSSR count). The number of rotatable bonds is 7. The number of para-hydroxylation sites is 4. The number of aliphatic imine (C=N–C) groups is 1. The maximum atomic E-state index is 5.08. The number of hydrogen-bond donors (Lipinski definition) is 1. The minimum Gasteiger partial charge on any atom is -0.310 e. The Bertz CT molecular complexity index is 2440. The minimum absolute atomic E-state index is 0.153. The highest BCUT2D eigenvalue weighted by Crippen LogP contribution is 2.39. The van der Waals surface area contributed by atoms with Gasteiger partial charge in [-0.2, -0.15) is 0 Å². The Balaban J connectivity index is 0.959. The molecule has 50 heavy (non-hydrogen) atoms. The summed E-state index contributed by atoms with van der Waals surface area (Å²) in [6, 6.07) is 62.2. The molecule has 1 aliphatic rings. The van der Waals surface area contributed by atoms with Gasteiger partial charge in [0, 0.05) is 34.6 Å². The van der Waals surface area contributed by atoms with Gasteiger partial charge in [0.15, 0.2) is 0 Å². The van der Waals surface area contributed by atoms with Crippen LogP contribution in [0, 0.1) is 0 Å². The molecule has 0 fully saturated rings. The molecule has 0 saturated carbocycles. The molecule has 0 amide bonds. The number of anilines is 3. The van der Waals surface area contributed by atoms with E-state index in [0.717, 1.165) is 56.4 Å². The maximum absolute atomic E-state index is 5.08. The molecule has 1 aromatic heterocycles. The first-order valence-electron chi connectivity index (χ1n) is 17.1. The predicted molar refractivity (Wildman–Crippen MR) is 207 cm³/mol. The molecule has 0 saturated heterocycles. The summed E-state index contributed by atoms with van der Waals surface area (Å²) < 4.78 is 2.24. The van der Waals surface area contributed by atoms with Crippen LogP contribution in [0.25, 0.3) is 38.9 Å². The average molecular weight is 646 g/mol. The summed E-state index contributed by atoms with van der Waals surface area (Å²) in [7, 11) is 0. The first-order chi connectivity index (χ1) is 24.8. The van der Waals surface area contributed by atoms with E-state index in [-0.39, 0.29) is 6.04 Å². The third-order valence-corrected chi connectivity index (χ3v) is 9.61. The molecule has 2 heterocycles. The van der Waals surface area contributed by atoms with Crippen LogP contribution in [0.5, 0.6) is 0 Å². The van der Waals surface area contributed by atoms with Gasteiger partial charge in [-0.15, -0.1) is 0 Å². The van der Waals surface area contributed by atoms with E-state index in [2.05, 4.69) is 179 Å². The first-order valence-corrected chi connectivity index (χ1v) is 17.1.